The molecule has 0 aliphatic heterocycles. The molecule has 1 aromatic rings. The van der Waals surface area contributed by atoms with Gasteiger partial charge in [0.1, 0.15) is 5.78 Å². The minimum Gasteiger partial charge on any atom is -0.326 e. The summed E-state index contributed by atoms with van der Waals surface area (Å²) < 4.78 is 0. The van der Waals surface area contributed by atoms with Gasteiger partial charge in [-0.3, -0.25) is 9.59 Å². The van der Waals surface area contributed by atoms with E-state index in [2.05, 4.69) is 45.1 Å². The average molecular weight is 289 g/mol. The predicted molar refractivity (Wildman–Crippen MR) is 87.8 cm³/mol. The molecular weight excluding hydrogens is 262 g/mol. The van der Waals surface area contributed by atoms with Crippen LogP contribution in [0.2, 0.25) is 0 Å². The largest absolute Gasteiger partial charge is 0.326 e. The topological polar surface area (TPSA) is 46.2 Å². The summed E-state index contributed by atoms with van der Waals surface area (Å²) in [7, 11) is 0. The fraction of sp³-hybridized carbons (Fsp3) is 0.556. The van der Waals surface area contributed by atoms with Crippen molar-refractivity contribution in [3.63, 3.8) is 0 Å². The summed E-state index contributed by atoms with van der Waals surface area (Å²) >= 11 is 0. The van der Waals surface area contributed by atoms with E-state index in [4.69, 9.17) is 0 Å². The Morgan fingerprint density at radius 1 is 1.05 bits per heavy atom. The van der Waals surface area contributed by atoms with Crippen LogP contribution in [0.1, 0.15) is 76.8 Å². The predicted octanol–water partition coefficient (Wildman–Crippen LogP) is 4.63. The number of carbonyl (C=O) groups is 2. The van der Waals surface area contributed by atoms with Crippen LogP contribution in [0.25, 0.3) is 0 Å². The molecule has 0 spiro atoms. The maximum absolute atomic E-state index is 11.7. The second-order valence-electron chi connectivity index (χ2n) is 5.89. The minimum atomic E-state index is -0.242. The summed E-state index contributed by atoms with van der Waals surface area (Å²) in [5.74, 6) is 0.606. The van der Waals surface area contributed by atoms with Gasteiger partial charge in [-0.05, 0) is 54.9 Å². The van der Waals surface area contributed by atoms with Gasteiger partial charge >= 0.3 is 0 Å². The molecule has 0 radical (unpaired) electrons. The number of carbonyl (C=O) groups excluding carboxylic acids is 2. The molecule has 0 bridgehead atoms. The van der Waals surface area contributed by atoms with Crippen LogP contribution >= 0.6 is 0 Å². The van der Waals surface area contributed by atoms with E-state index in [9.17, 15) is 9.59 Å². The van der Waals surface area contributed by atoms with Crippen LogP contribution in [0.5, 0.6) is 0 Å². The van der Waals surface area contributed by atoms with Gasteiger partial charge in [-0.1, -0.05) is 33.8 Å². The first kappa shape index (κ1) is 17.4. The van der Waals surface area contributed by atoms with E-state index in [-0.39, 0.29) is 18.1 Å². The molecule has 2 unspecified atom stereocenters. The standard InChI is InChI=1S/C18H27NO2/c1-6-12(3)16-9-8-15(11-17(16)13(4)7-2)19-18(21)10-14(5)20/h8-9,11-13H,6-7,10H2,1-5H3,(H,19,21). The highest BCUT2D eigenvalue weighted by molar-refractivity contribution is 6.03. The Bertz CT molecular complexity index is 508. The quantitative estimate of drug-likeness (QED) is 0.744. The van der Waals surface area contributed by atoms with Crippen LogP contribution in [0, 0.1) is 0 Å². The SMILES string of the molecule is CCC(C)c1ccc(NC(=O)CC(C)=O)cc1C(C)CC. The summed E-state index contributed by atoms with van der Waals surface area (Å²) in [5.41, 5.74) is 3.44. The molecule has 0 aliphatic carbocycles. The molecule has 0 aromatic heterocycles. The molecule has 0 aliphatic rings. The first-order valence-corrected chi connectivity index (χ1v) is 7.82. The van der Waals surface area contributed by atoms with E-state index < -0.39 is 0 Å². The van der Waals surface area contributed by atoms with Crippen molar-refractivity contribution < 1.29 is 9.59 Å². The minimum absolute atomic E-state index is 0.0637. The summed E-state index contributed by atoms with van der Waals surface area (Å²) in [6, 6.07) is 6.11. The van der Waals surface area contributed by atoms with Crippen molar-refractivity contribution in [2.45, 2.75) is 65.7 Å². The Morgan fingerprint density at radius 3 is 2.14 bits per heavy atom. The van der Waals surface area contributed by atoms with Crippen molar-refractivity contribution in [3.8, 4) is 0 Å². The number of Topliss-reactive ketones (excluding diaryl/α,β-unsaturated/α-hetero) is 1. The molecule has 0 saturated carbocycles. The average Bonchev–Trinajstić information content (AvgIpc) is 2.44. The molecule has 0 fully saturated rings. The Kier molecular flexibility index (Phi) is 6.60. The fourth-order valence-electron chi connectivity index (χ4n) is 2.40. The fourth-order valence-corrected chi connectivity index (χ4v) is 2.40. The lowest BCUT2D eigenvalue weighted by Crippen LogP contribution is -2.15. The zero-order valence-electron chi connectivity index (χ0n) is 13.8. The Morgan fingerprint density at radius 2 is 1.62 bits per heavy atom. The van der Waals surface area contributed by atoms with Crippen molar-refractivity contribution in [2.75, 3.05) is 5.32 Å². The lowest BCUT2D eigenvalue weighted by atomic mass is 9.86. The Balaban J connectivity index is 3.04. The first-order valence-electron chi connectivity index (χ1n) is 7.82. The van der Waals surface area contributed by atoms with Crippen molar-refractivity contribution >= 4 is 17.4 Å². The van der Waals surface area contributed by atoms with E-state index >= 15 is 0 Å². The van der Waals surface area contributed by atoms with Crippen LogP contribution < -0.4 is 5.32 Å². The number of ketones is 1. The van der Waals surface area contributed by atoms with Gasteiger partial charge < -0.3 is 5.32 Å². The zero-order chi connectivity index (χ0) is 16.0. The highest BCUT2D eigenvalue weighted by Crippen LogP contribution is 2.32. The van der Waals surface area contributed by atoms with Crippen LogP contribution in [-0.2, 0) is 9.59 Å². The highest BCUT2D eigenvalue weighted by atomic mass is 16.2. The Labute approximate surface area is 128 Å². The molecule has 3 heteroatoms. The van der Waals surface area contributed by atoms with E-state index in [0.717, 1.165) is 18.5 Å². The lowest BCUT2D eigenvalue weighted by molar-refractivity contribution is -0.124. The van der Waals surface area contributed by atoms with E-state index in [1.165, 1.54) is 18.1 Å². The molecule has 0 saturated heterocycles. The number of rotatable bonds is 7. The van der Waals surface area contributed by atoms with Crippen molar-refractivity contribution in [3.05, 3.63) is 29.3 Å². The van der Waals surface area contributed by atoms with Crippen molar-refractivity contribution in [1.29, 1.82) is 0 Å². The number of amides is 1. The third-order valence-corrected chi connectivity index (χ3v) is 4.07. The van der Waals surface area contributed by atoms with Crippen molar-refractivity contribution in [2.24, 2.45) is 0 Å². The summed E-state index contributed by atoms with van der Waals surface area (Å²) in [4.78, 5) is 22.7. The summed E-state index contributed by atoms with van der Waals surface area (Å²) in [5, 5.41) is 2.82. The van der Waals surface area contributed by atoms with Gasteiger partial charge in [0.15, 0.2) is 0 Å². The van der Waals surface area contributed by atoms with Gasteiger partial charge in [0.25, 0.3) is 0 Å². The Hall–Kier alpha value is -1.64. The zero-order valence-corrected chi connectivity index (χ0v) is 13.8. The first-order chi connectivity index (χ1) is 9.88. The molecule has 1 rings (SSSR count). The molecule has 1 N–H and O–H groups in total. The molecular formula is C18H27NO2. The molecule has 2 atom stereocenters. The molecule has 21 heavy (non-hydrogen) atoms. The molecule has 1 aromatic carbocycles. The van der Waals surface area contributed by atoms with Gasteiger partial charge in [-0.25, -0.2) is 0 Å². The monoisotopic (exact) mass is 289 g/mol. The van der Waals surface area contributed by atoms with Crippen LogP contribution in [0.3, 0.4) is 0 Å². The third-order valence-electron chi connectivity index (χ3n) is 4.07. The number of anilines is 1. The van der Waals surface area contributed by atoms with Crippen molar-refractivity contribution in [1.82, 2.24) is 0 Å². The number of nitrogens with one attached hydrogen (secondary N) is 1. The second-order valence-corrected chi connectivity index (χ2v) is 5.89. The number of hydrogen-bond acceptors (Lipinski definition) is 2. The van der Waals surface area contributed by atoms with E-state index in [1.54, 1.807) is 0 Å². The summed E-state index contributed by atoms with van der Waals surface area (Å²) in [6.07, 6.45) is 2.10. The molecule has 1 amide bonds. The van der Waals surface area contributed by atoms with E-state index in [0.29, 0.717) is 11.8 Å². The number of hydrogen-bond donors (Lipinski definition) is 1. The number of benzene rings is 1. The maximum Gasteiger partial charge on any atom is 0.231 e. The molecule has 3 nitrogen and oxygen atoms in total. The molecule has 116 valence electrons. The van der Waals surface area contributed by atoms with Gasteiger partial charge in [0, 0.05) is 5.69 Å². The van der Waals surface area contributed by atoms with Crippen LogP contribution in [0.4, 0.5) is 5.69 Å². The van der Waals surface area contributed by atoms with Gasteiger partial charge in [-0.15, -0.1) is 0 Å². The molecule has 0 heterocycles. The van der Waals surface area contributed by atoms with E-state index in [1.807, 2.05) is 6.07 Å². The van der Waals surface area contributed by atoms with Gasteiger partial charge in [-0.2, -0.15) is 0 Å². The van der Waals surface area contributed by atoms with Gasteiger partial charge in [0.2, 0.25) is 5.91 Å². The lowest BCUT2D eigenvalue weighted by Gasteiger charge is -2.20. The maximum atomic E-state index is 11.7. The normalized spacial score (nSPS) is 13.6. The van der Waals surface area contributed by atoms with Crippen LogP contribution in [0.15, 0.2) is 18.2 Å². The highest BCUT2D eigenvalue weighted by Gasteiger charge is 2.15. The summed E-state index contributed by atoms with van der Waals surface area (Å²) in [6.45, 7) is 10.2. The second kappa shape index (κ2) is 7.96. The third kappa shape index (κ3) is 5.00. The smallest absolute Gasteiger partial charge is 0.231 e. The van der Waals surface area contributed by atoms with Gasteiger partial charge in [0.05, 0.1) is 6.42 Å². The van der Waals surface area contributed by atoms with Crippen LogP contribution in [-0.4, -0.2) is 11.7 Å².